The van der Waals surface area contributed by atoms with Crippen LogP contribution in [-0.2, 0) is 0 Å². The van der Waals surface area contributed by atoms with Crippen LogP contribution in [-0.4, -0.2) is 80.0 Å². The number of amides is 2. The largest absolute Gasteiger partial charge is 0.353 e. The van der Waals surface area contributed by atoms with E-state index in [1.54, 1.807) is 12.1 Å². The SMILES string of the molecule is CN(C)CCCNC(=O)c1ccc(N2CCN(C(=O)c3cc(F)c(F)c(F)c3F)CC2)nc1. The molecule has 1 N–H and O–H groups in total. The number of carbonyl (C=O) groups is 2. The molecule has 2 amide bonds. The average molecular weight is 467 g/mol. The summed E-state index contributed by atoms with van der Waals surface area (Å²) < 4.78 is 54.0. The standard InChI is InChI=1S/C22H25F4N5O2/c1-29(2)7-3-6-27-21(32)14-4-5-17(28-13-14)30-8-10-31(11-9-30)22(33)15-12-16(23)19(25)20(26)18(15)24/h4-5,12-13H,3,6-11H2,1-2H3,(H,27,32). The number of piperazine rings is 1. The topological polar surface area (TPSA) is 68.8 Å². The lowest BCUT2D eigenvalue weighted by molar-refractivity contribution is 0.0739. The minimum absolute atomic E-state index is 0.148. The van der Waals surface area contributed by atoms with Crippen molar-refractivity contribution < 1.29 is 27.2 Å². The van der Waals surface area contributed by atoms with E-state index in [2.05, 4.69) is 10.3 Å². The van der Waals surface area contributed by atoms with Crippen molar-refractivity contribution in [2.75, 3.05) is 58.3 Å². The quantitative estimate of drug-likeness (QED) is 0.293. The van der Waals surface area contributed by atoms with Gasteiger partial charge in [0.1, 0.15) is 5.82 Å². The van der Waals surface area contributed by atoms with Gasteiger partial charge in [0, 0.05) is 38.9 Å². The number of benzene rings is 1. The number of aromatic nitrogens is 1. The summed E-state index contributed by atoms with van der Waals surface area (Å²) in [6, 6.07) is 3.71. The highest BCUT2D eigenvalue weighted by Crippen LogP contribution is 2.21. The predicted octanol–water partition coefficient (Wildman–Crippen LogP) is 2.28. The second kappa shape index (κ2) is 10.6. The first-order valence-corrected chi connectivity index (χ1v) is 10.4. The molecule has 1 saturated heterocycles. The average Bonchev–Trinajstić information content (AvgIpc) is 2.82. The molecule has 11 heteroatoms. The van der Waals surface area contributed by atoms with E-state index in [0.717, 1.165) is 13.0 Å². The summed E-state index contributed by atoms with van der Waals surface area (Å²) >= 11 is 0. The summed E-state index contributed by atoms with van der Waals surface area (Å²) in [5, 5.41) is 2.83. The first kappa shape index (κ1) is 24.4. The molecule has 7 nitrogen and oxygen atoms in total. The molecule has 0 radical (unpaired) electrons. The van der Waals surface area contributed by atoms with Crippen molar-refractivity contribution in [1.29, 1.82) is 0 Å². The summed E-state index contributed by atoms with van der Waals surface area (Å²) in [7, 11) is 3.92. The van der Waals surface area contributed by atoms with Crippen molar-refractivity contribution in [3.63, 3.8) is 0 Å². The molecule has 0 atom stereocenters. The molecule has 1 aromatic carbocycles. The van der Waals surface area contributed by atoms with E-state index in [9.17, 15) is 27.2 Å². The lowest BCUT2D eigenvalue weighted by Crippen LogP contribution is -2.49. The highest BCUT2D eigenvalue weighted by atomic mass is 19.2. The normalized spacial score (nSPS) is 14.0. The van der Waals surface area contributed by atoms with Crippen LogP contribution >= 0.6 is 0 Å². The molecule has 2 aromatic rings. The van der Waals surface area contributed by atoms with Crippen molar-refractivity contribution >= 4 is 17.6 Å². The van der Waals surface area contributed by atoms with Crippen LogP contribution in [0.25, 0.3) is 0 Å². The van der Waals surface area contributed by atoms with E-state index in [-0.39, 0.29) is 19.0 Å². The maximum Gasteiger partial charge on any atom is 0.257 e. The molecule has 178 valence electrons. The molecule has 1 aromatic heterocycles. The summed E-state index contributed by atoms with van der Waals surface area (Å²) in [4.78, 5) is 34.1. The zero-order valence-electron chi connectivity index (χ0n) is 18.4. The summed E-state index contributed by atoms with van der Waals surface area (Å²) in [5.74, 6) is -7.84. The number of rotatable bonds is 7. The monoisotopic (exact) mass is 467 g/mol. The van der Waals surface area contributed by atoms with E-state index >= 15 is 0 Å². The molecule has 0 spiro atoms. The first-order valence-electron chi connectivity index (χ1n) is 10.4. The van der Waals surface area contributed by atoms with Gasteiger partial charge >= 0.3 is 0 Å². The van der Waals surface area contributed by atoms with Gasteiger partial charge in [-0.15, -0.1) is 0 Å². The molecule has 0 aliphatic carbocycles. The zero-order valence-corrected chi connectivity index (χ0v) is 18.4. The number of carbonyl (C=O) groups excluding carboxylic acids is 2. The number of pyridine rings is 1. The second-order valence-corrected chi connectivity index (χ2v) is 7.94. The van der Waals surface area contributed by atoms with Gasteiger partial charge in [0.05, 0.1) is 11.1 Å². The van der Waals surface area contributed by atoms with Gasteiger partial charge < -0.3 is 20.0 Å². The smallest absolute Gasteiger partial charge is 0.257 e. The minimum atomic E-state index is -2.01. The Morgan fingerprint density at radius 2 is 1.73 bits per heavy atom. The molecule has 0 saturated carbocycles. The Labute approximate surface area is 189 Å². The second-order valence-electron chi connectivity index (χ2n) is 7.94. The van der Waals surface area contributed by atoms with E-state index in [1.165, 1.54) is 11.1 Å². The maximum absolute atomic E-state index is 13.9. The Kier molecular flexibility index (Phi) is 7.85. The predicted molar refractivity (Wildman–Crippen MR) is 114 cm³/mol. The van der Waals surface area contributed by atoms with Crippen LogP contribution in [0, 0.1) is 23.3 Å². The van der Waals surface area contributed by atoms with E-state index < -0.39 is 34.7 Å². The minimum Gasteiger partial charge on any atom is -0.353 e. The van der Waals surface area contributed by atoms with Crippen LogP contribution in [0.3, 0.4) is 0 Å². The molecule has 2 heterocycles. The number of hydrogen-bond acceptors (Lipinski definition) is 5. The van der Waals surface area contributed by atoms with Crippen molar-refractivity contribution in [3.05, 3.63) is 58.8 Å². The molecular weight excluding hydrogens is 442 g/mol. The van der Waals surface area contributed by atoms with Gasteiger partial charge in [-0.25, -0.2) is 22.5 Å². The molecule has 33 heavy (non-hydrogen) atoms. The Balaban J connectivity index is 1.56. The van der Waals surface area contributed by atoms with Gasteiger partial charge in [-0.1, -0.05) is 0 Å². The van der Waals surface area contributed by atoms with Gasteiger partial charge in [-0.2, -0.15) is 0 Å². The molecule has 1 aliphatic rings. The number of anilines is 1. The fourth-order valence-corrected chi connectivity index (χ4v) is 3.44. The molecule has 0 unspecified atom stereocenters. The fourth-order valence-electron chi connectivity index (χ4n) is 3.44. The first-order chi connectivity index (χ1) is 15.7. The number of nitrogens with one attached hydrogen (secondary N) is 1. The third-order valence-corrected chi connectivity index (χ3v) is 5.30. The van der Waals surface area contributed by atoms with E-state index in [0.29, 0.717) is 37.1 Å². The Hall–Kier alpha value is -3.21. The fraction of sp³-hybridized carbons (Fsp3) is 0.409. The number of halogens is 4. The van der Waals surface area contributed by atoms with Crippen LogP contribution in [0.5, 0.6) is 0 Å². The third-order valence-electron chi connectivity index (χ3n) is 5.30. The number of nitrogens with zero attached hydrogens (tertiary/aromatic N) is 4. The zero-order chi connectivity index (χ0) is 24.1. The molecule has 3 rings (SSSR count). The lowest BCUT2D eigenvalue weighted by atomic mass is 10.1. The highest BCUT2D eigenvalue weighted by Gasteiger charge is 2.28. The summed E-state index contributed by atoms with van der Waals surface area (Å²) in [5.41, 5.74) is -0.424. The van der Waals surface area contributed by atoms with Crippen LogP contribution in [0.15, 0.2) is 24.4 Å². The van der Waals surface area contributed by atoms with Gasteiger partial charge in [0.15, 0.2) is 23.3 Å². The summed E-state index contributed by atoms with van der Waals surface area (Å²) in [6.07, 6.45) is 2.29. The maximum atomic E-state index is 13.9. The van der Waals surface area contributed by atoms with Crippen LogP contribution in [0.1, 0.15) is 27.1 Å². The Morgan fingerprint density at radius 1 is 1.03 bits per heavy atom. The van der Waals surface area contributed by atoms with Gasteiger partial charge in [-0.05, 0) is 45.3 Å². The van der Waals surface area contributed by atoms with Crippen molar-refractivity contribution in [1.82, 2.24) is 20.1 Å². The Morgan fingerprint density at radius 3 is 2.33 bits per heavy atom. The van der Waals surface area contributed by atoms with Crippen molar-refractivity contribution in [3.8, 4) is 0 Å². The lowest BCUT2D eigenvalue weighted by Gasteiger charge is -2.35. The molecule has 1 aliphatic heterocycles. The molecular formula is C22H25F4N5O2. The third kappa shape index (κ3) is 5.78. The van der Waals surface area contributed by atoms with E-state index in [4.69, 9.17) is 0 Å². The van der Waals surface area contributed by atoms with Crippen molar-refractivity contribution in [2.45, 2.75) is 6.42 Å². The van der Waals surface area contributed by atoms with E-state index in [1.807, 2.05) is 23.9 Å². The van der Waals surface area contributed by atoms with Gasteiger partial charge in [0.2, 0.25) is 0 Å². The van der Waals surface area contributed by atoms with Crippen molar-refractivity contribution in [2.24, 2.45) is 0 Å². The van der Waals surface area contributed by atoms with Crippen LogP contribution in [0.2, 0.25) is 0 Å². The van der Waals surface area contributed by atoms with Gasteiger partial charge in [-0.3, -0.25) is 9.59 Å². The Bertz CT molecular complexity index is 1010. The van der Waals surface area contributed by atoms with Gasteiger partial charge in [0.25, 0.3) is 11.8 Å². The highest BCUT2D eigenvalue weighted by molar-refractivity contribution is 5.95. The molecule has 1 fully saturated rings. The van der Waals surface area contributed by atoms with Crippen LogP contribution < -0.4 is 10.2 Å². The summed E-state index contributed by atoms with van der Waals surface area (Å²) in [6.45, 7) is 2.38. The number of hydrogen-bond donors (Lipinski definition) is 1. The van der Waals surface area contributed by atoms with Crippen LogP contribution in [0.4, 0.5) is 23.4 Å². The molecule has 0 bridgehead atoms.